The highest BCUT2D eigenvalue weighted by molar-refractivity contribution is 5.38. The van der Waals surface area contributed by atoms with Gasteiger partial charge in [-0.1, -0.05) is 18.2 Å². The van der Waals surface area contributed by atoms with Crippen molar-refractivity contribution in [3.63, 3.8) is 0 Å². The minimum Gasteiger partial charge on any atom is -0.491 e. The molecule has 0 saturated heterocycles. The molecule has 0 saturated carbocycles. The number of rotatable bonds is 5. The molecule has 1 rings (SSSR count). The quantitative estimate of drug-likeness (QED) is 0.859. The van der Waals surface area contributed by atoms with Gasteiger partial charge in [0.15, 0.2) is 0 Å². The molecule has 1 aromatic rings. The van der Waals surface area contributed by atoms with E-state index in [-0.39, 0.29) is 11.6 Å². The van der Waals surface area contributed by atoms with Crippen LogP contribution >= 0.6 is 0 Å². The van der Waals surface area contributed by atoms with E-state index in [4.69, 9.17) is 4.74 Å². The fourth-order valence-electron chi connectivity index (χ4n) is 1.80. The summed E-state index contributed by atoms with van der Waals surface area (Å²) in [4.78, 5) is 0. The topological polar surface area (TPSA) is 41.5 Å². The lowest BCUT2D eigenvalue weighted by Gasteiger charge is -2.31. The Bertz CT molecular complexity index is 405. The van der Waals surface area contributed by atoms with Gasteiger partial charge in [-0.15, -0.1) is 0 Å². The number of ether oxygens (including phenoxy) is 1. The van der Waals surface area contributed by atoms with E-state index >= 15 is 0 Å². The summed E-state index contributed by atoms with van der Waals surface area (Å²) >= 11 is 0. The predicted octanol–water partition coefficient (Wildman–Crippen LogP) is 3.07. The molecule has 108 valence electrons. The van der Waals surface area contributed by atoms with Crippen molar-refractivity contribution in [2.45, 2.75) is 58.8 Å². The molecule has 0 aliphatic carbocycles. The van der Waals surface area contributed by atoms with Crippen LogP contribution < -0.4 is 10.1 Å². The summed E-state index contributed by atoms with van der Waals surface area (Å²) in [7, 11) is 0. The molecule has 0 aliphatic heterocycles. The zero-order valence-corrected chi connectivity index (χ0v) is 12.9. The monoisotopic (exact) mass is 265 g/mol. The maximum atomic E-state index is 10.7. The van der Waals surface area contributed by atoms with Crippen LogP contribution in [0.25, 0.3) is 0 Å². The summed E-state index contributed by atoms with van der Waals surface area (Å²) in [5.74, 6) is 0.748. The predicted molar refractivity (Wildman–Crippen MR) is 79.5 cm³/mol. The Balaban J connectivity index is 2.93. The number of aliphatic hydroxyl groups is 1. The van der Waals surface area contributed by atoms with Gasteiger partial charge >= 0.3 is 0 Å². The van der Waals surface area contributed by atoms with Crippen LogP contribution in [0.15, 0.2) is 24.3 Å². The lowest BCUT2D eigenvalue weighted by Crippen LogP contribution is -2.45. The fourth-order valence-corrected chi connectivity index (χ4v) is 1.80. The van der Waals surface area contributed by atoms with Gasteiger partial charge in [0.1, 0.15) is 11.4 Å². The summed E-state index contributed by atoms with van der Waals surface area (Å²) in [6.07, 6.45) is 0.0903. The van der Waals surface area contributed by atoms with Gasteiger partial charge in [0, 0.05) is 17.6 Å². The number of hydrogen-bond acceptors (Lipinski definition) is 3. The molecule has 0 fully saturated rings. The molecule has 0 spiro atoms. The Hall–Kier alpha value is -1.06. The van der Waals surface area contributed by atoms with Crippen molar-refractivity contribution in [3.05, 3.63) is 29.8 Å². The molecule has 19 heavy (non-hydrogen) atoms. The molecule has 0 radical (unpaired) electrons. The molecule has 0 bridgehead atoms. The average molecular weight is 265 g/mol. The molecule has 2 N–H and O–H groups in total. The van der Waals surface area contributed by atoms with E-state index in [2.05, 4.69) is 26.1 Å². The van der Waals surface area contributed by atoms with Crippen LogP contribution in [0.3, 0.4) is 0 Å². The minimum atomic E-state index is -0.960. The normalized spacial score (nSPS) is 15.4. The largest absolute Gasteiger partial charge is 0.491 e. The third-order valence-corrected chi connectivity index (χ3v) is 2.79. The van der Waals surface area contributed by atoms with E-state index in [0.29, 0.717) is 6.54 Å². The molecule has 1 atom stereocenters. The van der Waals surface area contributed by atoms with Crippen LogP contribution in [-0.2, 0) is 5.60 Å². The van der Waals surface area contributed by atoms with Gasteiger partial charge < -0.3 is 15.2 Å². The Morgan fingerprint density at radius 3 is 2.26 bits per heavy atom. The van der Waals surface area contributed by atoms with E-state index in [1.165, 1.54) is 0 Å². The summed E-state index contributed by atoms with van der Waals surface area (Å²) in [6.45, 7) is 12.5. The SMILES string of the molecule is CC(C)Oc1ccccc1C(C)(O)CNC(C)(C)C. The van der Waals surface area contributed by atoms with E-state index in [9.17, 15) is 5.11 Å². The Labute approximate surface area is 117 Å². The Kier molecular flexibility index (Phi) is 4.99. The molecule has 1 unspecified atom stereocenters. The first-order valence-electron chi connectivity index (χ1n) is 6.85. The molecule has 0 aliphatic rings. The second kappa shape index (κ2) is 5.93. The zero-order valence-electron chi connectivity index (χ0n) is 12.9. The maximum Gasteiger partial charge on any atom is 0.125 e. The van der Waals surface area contributed by atoms with Crippen molar-refractivity contribution in [1.29, 1.82) is 0 Å². The van der Waals surface area contributed by atoms with Crippen LogP contribution in [0.2, 0.25) is 0 Å². The van der Waals surface area contributed by atoms with Gasteiger partial charge in [0.2, 0.25) is 0 Å². The molecule has 0 amide bonds. The Morgan fingerprint density at radius 1 is 1.16 bits per heavy atom. The van der Waals surface area contributed by atoms with Crippen LogP contribution in [0.4, 0.5) is 0 Å². The summed E-state index contributed by atoms with van der Waals surface area (Å²) in [5, 5.41) is 14.0. The number of β-amino-alcohol motifs (C(OH)–C–C–N with tert-alkyl or cyclic N) is 1. The van der Waals surface area contributed by atoms with Gasteiger partial charge in [0.05, 0.1) is 6.10 Å². The first kappa shape index (κ1) is 16.0. The van der Waals surface area contributed by atoms with Crippen molar-refractivity contribution in [3.8, 4) is 5.75 Å². The smallest absolute Gasteiger partial charge is 0.125 e. The molecule has 3 nitrogen and oxygen atoms in total. The first-order chi connectivity index (χ1) is 8.62. The standard InChI is InChI=1S/C16H27NO2/c1-12(2)19-14-10-8-7-9-13(14)16(6,18)11-17-15(3,4)5/h7-10,12,17-18H,11H2,1-6H3. The Morgan fingerprint density at radius 2 is 1.74 bits per heavy atom. The maximum absolute atomic E-state index is 10.7. The highest BCUT2D eigenvalue weighted by atomic mass is 16.5. The van der Waals surface area contributed by atoms with Gasteiger partial charge in [0.25, 0.3) is 0 Å². The van der Waals surface area contributed by atoms with Crippen molar-refractivity contribution < 1.29 is 9.84 Å². The number of para-hydroxylation sites is 1. The van der Waals surface area contributed by atoms with E-state index in [1.807, 2.05) is 45.0 Å². The number of hydrogen-bond donors (Lipinski definition) is 2. The van der Waals surface area contributed by atoms with E-state index in [0.717, 1.165) is 11.3 Å². The van der Waals surface area contributed by atoms with Gasteiger partial charge in [-0.2, -0.15) is 0 Å². The van der Waals surface area contributed by atoms with Crippen molar-refractivity contribution in [2.24, 2.45) is 0 Å². The van der Waals surface area contributed by atoms with Crippen LogP contribution in [-0.4, -0.2) is 23.3 Å². The third kappa shape index (κ3) is 5.21. The molecule has 3 heteroatoms. The van der Waals surface area contributed by atoms with Crippen LogP contribution in [0.1, 0.15) is 47.1 Å². The van der Waals surface area contributed by atoms with Gasteiger partial charge in [-0.05, 0) is 47.6 Å². The third-order valence-electron chi connectivity index (χ3n) is 2.79. The molecule has 0 heterocycles. The fraction of sp³-hybridized carbons (Fsp3) is 0.625. The van der Waals surface area contributed by atoms with E-state index < -0.39 is 5.60 Å². The number of benzene rings is 1. The summed E-state index contributed by atoms with van der Waals surface area (Å²) < 4.78 is 5.78. The minimum absolute atomic E-state index is 0.0299. The second-order valence-electron chi connectivity index (χ2n) is 6.54. The highest BCUT2D eigenvalue weighted by Gasteiger charge is 2.28. The summed E-state index contributed by atoms with van der Waals surface area (Å²) in [6, 6.07) is 7.67. The number of nitrogens with one attached hydrogen (secondary N) is 1. The average Bonchev–Trinajstić information content (AvgIpc) is 2.25. The van der Waals surface area contributed by atoms with E-state index in [1.54, 1.807) is 0 Å². The van der Waals surface area contributed by atoms with Gasteiger partial charge in [-0.3, -0.25) is 0 Å². The van der Waals surface area contributed by atoms with Crippen molar-refractivity contribution in [1.82, 2.24) is 5.32 Å². The van der Waals surface area contributed by atoms with Crippen LogP contribution in [0, 0.1) is 0 Å². The molecular weight excluding hydrogens is 238 g/mol. The first-order valence-corrected chi connectivity index (χ1v) is 6.85. The highest BCUT2D eigenvalue weighted by Crippen LogP contribution is 2.30. The van der Waals surface area contributed by atoms with Crippen molar-refractivity contribution >= 4 is 0 Å². The molecular formula is C16H27NO2. The van der Waals surface area contributed by atoms with Crippen molar-refractivity contribution in [2.75, 3.05) is 6.54 Å². The lowest BCUT2D eigenvalue weighted by atomic mass is 9.93. The molecule has 0 aromatic heterocycles. The zero-order chi connectivity index (χ0) is 14.7. The van der Waals surface area contributed by atoms with Gasteiger partial charge in [-0.25, -0.2) is 0 Å². The summed E-state index contributed by atoms with van der Waals surface area (Å²) in [5.41, 5.74) is -0.170. The molecule has 1 aromatic carbocycles. The second-order valence-corrected chi connectivity index (χ2v) is 6.54. The van der Waals surface area contributed by atoms with Crippen LogP contribution in [0.5, 0.6) is 5.75 Å². The lowest BCUT2D eigenvalue weighted by molar-refractivity contribution is 0.0459.